The van der Waals surface area contributed by atoms with Crippen molar-refractivity contribution in [3.8, 4) is 0 Å². The highest BCUT2D eigenvalue weighted by atomic mass is 16.5. The molecule has 2 rings (SSSR count). The Morgan fingerprint density at radius 2 is 1.10 bits per heavy atom. The number of nitrogens with two attached hydrogens (primary N) is 1. The van der Waals surface area contributed by atoms with Gasteiger partial charge in [0.1, 0.15) is 25.0 Å². The summed E-state index contributed by atoms with van der Waals surface area (Å²) in [5, 5.41) is 34.9. The number of aliphatic carboxylic acids is 2. The molecular weight excluding hydrogens is 1140 g/mol. The molecule has 1 saturated carbocycles. The van der Waals surface area contributed by atoms with Gasteiger partial charge in [0.2, 0.25) is 35.4 Å². The van der Waals surface area contributed by atoms with E-state index in [4.69, 9.17) is 29.8 Å². The summed E-state index contributed by atoms with van der Waals surface area (Å²) in [5.74, 6) is -4.74. The summed E-state index contributed by atoms with van der Waals surface area (Å²) in [6.45, 7) is 6.58. The molecule has 25 heteroatoms. The number of ether oxygens (including phenoxy) is 4. The molecule has 3 atom stereocenters. The zero-order valence-corrected chi connectivity index (χ0v) is 53.2. The van der Waals surface area contributed by atoms with Crippen LogP contribution in [0.4, 0.5) is 0 Å². The molecule has 1 aromatic heterocycles. The third kappa shape index (κ3) is 40.6. The molecule has 1 fully saturated rings. The Hall–Kier alpha value is -5.89. The number of carbonyl (C=O) groups is 10. The highest BCUT2D eigenvalue weighted by Crippen LogP contribution is 2.29. The van der Waals surface area contributed by atoms with Crippen molar-refractivity contribution < 1.29 is 77.1 Å². The number of amides is 6. The van der Waals surface area contributed by atoms with Gasteiger partial charge in [0.05, 0.1) is 57.5 Å². The maximum Gasteiger partial charge on any atom is 0.326 e. The van der Waals surface area contributed by atoms with Crippen LogP contribution in [0.3, 0.4) is 0 Å². The monoisotopic (exact) mass is 1250 g/mol. The molecule has 502 valence electrons. The minimum absolute atomic E-state index is 0.0363. The van der Waals surface area contributed by atoms with Crippen molar-refractivity contribution in [2.75, 3.05) is 79.0 Å². The molecule has 0 aliphatic heterocycles. The Morgan fingerprint density at radius 1 is 0.602 bits per heavy atom. The molecule has 11 N–H and O–H groups in total. The summed E-state index contributed by atoms with van der Waals surface area (Å²) in [6.07, 6.45) is 26.8. The summed E-state index contributed by atoms with van der Waals surface area (Å²) in [6, 6.07) is -2.09. The molecule has 0 saturated heterocycles. The minimum Gasteiger partial charge on any atom is -0.481 e. The van der Waals surface area contributed by atoms with E-state index in [0.29, 0.717) is 57.3 Å². The van der Waals surface area contributed by atoms with Crippen molar-refractivity contribution in [2.45, 2.75) is 225 Å². The van der Waals surface area contributed by atoms with Crippen LogP contribution in [0.25, 0.3) is 0 Å². The second kappa shape index (κ2) is 49.0. The molecule has 1 aliphatic rings. The first kappa shape index (κ1) is 78.2. The van der Waals surface area contributed by atoms with Crippen molar-refractivity contribution in [1.29, 1.82) is 0 Å². The fourth-order valence-corrected chi connectivity index (χ4v) is 10.2. The fraction of sp³-hybridized carbons (Fsp3) is 0.794. The van der Waals surface area contributed by atoms with Crippen molar-refractivity contribution in [1.82, 2.24) is 41.9 Å². The maximum atomic E-state index is 13.1. The molecule has 1 heterocycles. The zero-order chi connectivity index (χ0) is 64.6. The highest BCUT2D eigenvalue weighted by molar-refractivity contribution is 5.96. The van der Waals surface area contributed by atoms with Gasteiger partial charge in [-0.05, 0) is 84.5 Å². The number of aromatic amines is 1. The summed E-state index contributed by atoms with van der Waals surface area (Å²) in [4.78, 5) is 130. The second-order valence-corrected chi connectivity index (χ2v) is 23.8. The first-order chi connectivity index (χ1) is 42.3. The largest absolute Gasteiger partial charge is 0.481 e. The van der Waals surface area contributed by atoms with Gasteiger partial charge in [-0.25, -0.2) is 9.78 Å². The number of Topliss-reactive ketones (excluding diaryl/α,β-unsaturated/α-hetero) is 2. The van der Waals surface area contributed by atoms with Gasteiger partial charge in [-0.15, -0.1) is 0 Å². The first-order valence-corrected chi connectivity index (χ1v) is 32.5. The van der Waals surface area contributed by atoms with Crippen LogP contribution in [0.5, 0.6) is 0 Å². The molecule has 1 aliphatic carbocycles. The number of nitrogens with zero attached hydrogens (tertiary/aromatic N) is 1. The van der Waals surface area contributed by atoms with Crippen molar-refractivity contribution in [3.05, 3.63) is 18.2 Å². The van der Waals surface area contributed by atoms with Crippen molar-refractivity contribution in [3.63, 3.8) is 0 Å². The lowest BCUT2D eigenvalue weighted by Gasteiger charge is -2.28. The average molecular weight is 1250 g/mol. The molecule has 0 aromatic carbocycles. The molecule has 1 aromatic rings. The summed E-state index contributed by atoms with van der Waals surface area (Å²) >= 11 is 0. The average Bonchev–Trinajstić information content (AvgIpc) is 3.96. The molecule has 0 radical (unpaired) electrons. The van der Waals surface area contributed by atoms with E-state index >= 15 is 0 Å². The minimum atomic E-state index is -1.23. The lowest BCUT2D eigenvalue weighted by Crippen LogP contribution is -2.55. The van der Waals surface area contributed by atoms with Crippen LogP contribution in [0.15, 0.2) is 12.5 Å². The quantitative estimate of drug-likeness (QED) is 0.0370. The number of nitrogens with one attached hydrogen (secondary N) is 7. The number of unbranched alkanes of at least 4 members (excludes halogenated alkanes) is 16. The van der Waals surface area contributed by atoms with Crippen LogP contribution in [0.2, 0.25) is 0 Å². The Morgan fingerprint density at radius 3 is 1.61 bits per heavy atom. The van der Waals surface area contributed by atoms with E-state index in [1.165, 1.54) is 77.5 Å². The number of carbonyl (C=O) groups excluding carboxylic acids is 8. The topological polar surface area (TPSA) is 375 Å². The van der Waals surface area contributed by atoms with Crippen molar-refractivity contribution >= 4 is 58.9 Å². The molecule has 25 nitrogen and oxygen atoms in total. The van der Waals surface area contributed by atoms with Crippen LogP contribution >= 0.6 is 0 Å². The highest BCUT2D eigenvalue weighted by Gasteiger charge is 2.34. The molecular formula is C63H109N9O16. The van der Waals surface area contributed by atoms with Gasteiger partial charge in [0, 0.05) is 82.0 Å². The van der Waals surface area contributed by atoms with Gasteiger partial charge in [0.15, 0.2) is 5.78 Å². The Kier molecular flexibility index (Phi) is 43.5. The third-order valence-electron chi connectivity index (χ3n) is 15.7. The van der Waals surface area contributed by atoms with E-state index in [1.807, 2.05) is 0 Å². The second-order valence-electron chi connectivity index (χ2n) is 23.8. The number of hydrogen-bond donors (Lipinski definition) is 10. The van der Waals surface area contributed by atoms with Gasteiger partial charge < -0.3 is 71.8 Å². The van der Waals surface area contributed by atoms with Crippen LogP contribution in [0, 0.1) is 17.8 Å². The van der Waals surface area contributed by atoms with Gasteiger partial charge in [-0.3, -0.25) is 43.2 Å². The molecule has 0 unspecified atom stereocenters. The zero-order valence-electron chi connectivity index (χ0n) is 53.2. The number of H-pyrrole nitrogens is 1. The summed E-state index contributed by atoms with van der Waals surface area (Å²) in [5.41, 5.74) is 5.48. The van der Waals surface area contributed by atoms with Crippen LogP contribution < -0.4 is 37.6 Å². The number of imidazole rings is 1. The number of hydrogen-bond acceptors (Lipinski definition) is 16. The number of aromatic nitrogens is 2. The van der Waals surface area contributed by atoms with Gasteiger partial charge >= 0.3 is 11.9 Å². The summed E-state index contributed by atoms with van der Waals surface area (Å²) in [7, 11) is 0. The third-order valence-corrected chi connectivity index (χ3v) is 15.7. The molecule has 6 amide bonds. The van der Waals surface area contributed by atoms with Crippen molar-refractivity contribution in [2.24, 2.45) is 23.5 Å². The number of ketones is 2. The van der Waals surface area contributed by atoms with E-state index in [1.54, 1.807) is 20.0 Å². The van der Waals surface area contributed by atoms with E-state index in [-0.39, 0.29) is 151 Å². The molecule has 88 heavy (non-hydrogen) atoms. The number of carboxylic acid groups (broad SMARTS) is 2. The predicted octanol–water partition coefficient (Wildman–Crippen LogP) is 5.30. The van der Waals surface area contributed by atoms with E-state index in [0.717, 1.165) is 51.4 Å². The van der Waals surface area contributed by atoms with Crippen LogP contribution in [-0.4, -0.2) is 176 Å². The predicted molar refractivity (Wildman–Crippen MR) is 330 cm³/mol. The number of carboxylic acids is 2. The standard InChI is InChI=1S/C63H109N9O16/c1-47(73)50(40-54(74)63(2,3)72-61(82)52(64)41-51-43-65-46-70-51)22-20-21-31-66-57(77)44-87-38-37-86-35-33-68-58(78)45-88-39-36-85-34-32-67-56(76)30-29-53(62(83)84)71-60(81)49-27-25-48(26-28-49)42-69-55(75)23-18-16-14-12-10-8-6-4-5-7-9-11-13-15-17-19-24-59(79)80/h43,46,48-50,52-53H,4-42,44-45,64H2,1-3H3,(H,65,70)(H,66,77)(H,67,76)(H,68,78)(H,69,75)(H,71,81)(H,72,82)(H,79,80)(H,83,84)/t48?,49?,50-,52+,53+/m1/s1. The van der Waals surface area contributed by atoms with E-state index in [9.17, 15) is 53.1 Å². The van der Waals surface area contributed by atoms with Gasteiger partial charge in [0.25, 0.3) is 0 Å². The van der Waals surface area contributed by atoms with Gasteiger partial charge in [-0.2, -0.15) is 0 Å². The molecule has 0 spiro atoms. The molecule has 0 bridgehead atoms. The Bertz CT molecular complexity index is 2160. The van der Waals surface area contributed by atoms with E-state index in [2.05, 4.69) is 41.9 Å². The van der Waals surface area contributed by atoms with Crippen LogP contribution in [0.1, 0.15) is 206 Å². The lowest BCUT2D eigenvalue weighted by molar-refractivity contribution is -0.143. The summed E-state index contributed by atoms with van der Waals surface area (Å²) < 4.78 is 21.6. The fourth-order valence-electron chi connectivity index (χ4n) is 10.2. The Balaban J connectivity index is 1.38. The first-order valence-electron chi connectivity index (χ1n) is 32.5. The Labute approximate surface area is 521 Å². The number of rotatable bonds is 56. The van der Waals surface area contributed by atoms with Crippen LogP contribution in [-0.2, 0) is 73.3 Å². The SMILES string of the molecule is CC(=O)[C@H](CCCCNC(=O)COCCOCCNC(=O)COCCOCCNC(=O)CC[C@H](NC(=O)C1CCC(CNC(=O)CCCCCCCCCCCCCCCCCCC(=O)O)CC1)C(=O)O)CC(=O)C(C)(C)NC(=O)[C@@H](N)Cc1cnc[nH]1. The maximum absolute atomic E-state index is 13.1. The smallest absolute Gasteiger partial charge is 0.326 e. The van der Waals surface area contributed by atoms with Gasteiger partial charge in [-0.1, -0.05) is 96.3 Å². The normalized spacial score (nSPS) is 15.1. The van der Waals surface area contributed by atoms with E-state index < -0.39 is 41.4 Å². The lowest BCUT2D eigenvalue weighted by atomic mass is 9.81.